The lowest BCUT2D eigenvalue weighted by Crippen LogP contribution is -2.20. The molecule has 1 N–H and O–H groups in total. The van der Waals surface area contributed by atoms with Gasteiger partial charge in [-0.05, 0) is 66.9 Å². The number of thioether (sulfide) groups is 1. The van der Waals surface area contributed by atoms with Crippen LogP contribution in [0.15, 0.2) is 71.6 Å². The number of aryl methyl sites for hydroxylation is 2. The Balaban J connectivity index is 1.49. The number of nitrogens with one attached hydrogen (secondary N) is 1. The number of carbonyl (C=O) groups is 1. The van der Waals surface area contributed by atoms with Gasteiger partial charge in [-0.3, -0.25) is 4.79 Å². The molecule has 0 saturated carbocycles. The van der Waals surface area contributed by atoms with Crippen molar-refractivity contribution in [3.63, 3.8) is 0 Å². The number of carbonyl (C=O) groups excluding carboxylic acids is 1. The quantitative estimate of drug-likeness (QED) is 0.466. The fourth-order valence-corrected chi connectivity index (χ4v) is 3.69. The zero-order valence-electron chi connectivity index (χ0n) is 15.9. The fourth-order valence-electron chi connectivity index (χ4n) is 2.70. The Labute approximate surface area is 175 Å². The normalized spacial score (nSPS) is 10.5. The number of ether oxygens (including phenoxy) is 1. The first-order valence-electron chi connectivity index (χ1n) is 8.97. The van der Waals surface area contributed by atoms with Crippen LogP contribution in [0.4, 0.5) is 5.69 Å². The molecule has 0 fully saturated rings. The molecule has 0 spiro atoms. The summed E-state index contributed by atoms with van der Waals surface area (Å²) < 4.78 is 5.59. The first kappa shape index (κ1) is 20.3. The van der Waals surface area contributed by atoms with Crippen molar-refractivity contribution in [1.29, 1.82) is 0 Å². The summed E-state index contributed by atoms with van der Waals surface area (Å²) in [6, 6.07) is 21.8. The molecule has 0 radical (unpaired) electrons. The van der Waals surface area contributed by atoms with Crippen LogP contribution in [0.25, 0.3) is 0 Å². The van der Waals surface area contributed by atoms with Crippen molar-refractivity contribution < 1.29 is 9.53 Å². The third-order valence-electron chi connectivity index (χ3n) is 4.17. The number of hydrogen-bond donors (Lipinski definition) is 1. The minimum atomic E-state index is -0.198. The summed E-state index contributed by atoms with van der Waals surface area (Å²) in [7, 11) is 0. The van der Waals surface area contributed by atoms with Gasteiger partial charge in [-0.25, -0.2) is 0 Å². The van der Waals surface area contributed by atoms with Crippen molar-refractivity contribution in [3.8, 4) is 5.75 Å². The molecule has 0 atom stereocenters. The van der Waals surface area contributed by atoms with Gasteiger partial charge in [0.25, 0.3) is 5.91 Å². The first-order valence-corrected chi connectivity index (χ1v) is 10.3. The second-order valence-electron chi connectivity index (χ2n) is 6.51. The third-order valence-corrected chi connectivity index (χ3v) is 5.85. The van der Waals surface area contributed by atoms with Gasteiger partial charge in [0.15, 0.2) is 6.61 Å². The van der Waals surface area contributed by atoms with Crippen molar-refractivity contribution >= 4 is 35.0 Å². The van der Waals surface area contributed by atoms with Crippen LogP contribution in [0.1, 0.15) is 16.7 Å². The molecule has 0 heterocycles. The Kier molecular flexibility index (Phi) is 7.01. The van der Waals surface area contributed by atoms with E-state index in [-0.39, 0.29) is 12.5 Å². The van der Waals surface area contributed by atoms with Crippen molar-refractivity contribution in [2.24, 2.45) is 0 Å². The molecule has 3 aromatic rings. The molecule has 3 aromatic carbocycles. The summed E-state index contributed by atoms with van der Waals surface area (Å²) in [6.07, 6.45) is 0. The molecule has 0 unspecified atom stereocenters. The van der Waals surface area contributed by atoms with E-state index < -0.39 is 0 Å². The second-order valence-corrected chi connectivity index (χ2v) is 7.93. The predicted molar refractivity (Wildman–Crippen MR) is 117 cm³/mol. The molecular weight excluding hydrogens is 390 g/mol. The molecule has 0 aliphatic heterocycles. The number of amides is 1. The lowest BCUT2D eigenvalue weighted by molar-refractivity contribution is -0.118. The van der Waals surface area contributed by atoms with Gasteiger partial charge in [0.1, 0.15) is 5.75 Å². The molecule has 0 aliphatic carbocycles. The summed E-state index contributed by atoms with van der Waals surface area (Å²) in [4.78, 5) is 13.4. The molecule has 1 amide bonds. The van der Waals surface area contributed by atoms with E-state index in [1.165, 1.54) is 10.5 Å². The molecule has 0 aliphatic rings. The standard InChI is InChI=1S/C23H22ClNO2S/c1-16-12-20(13-17(2)23(16)24)27-14-22(26)25-19-10-8-18(9-11-19)15-28-21-6-4-3-5-7-21/h3-13H,14-15H2,1-2H3,(H,25,26). The maximum atomic E-state index is 12.2. The van der Waals surface area contributed by atoms with E-state index in [2.05, 4.69) is 17.4 Å². The second kappa shape index (κ2) is 9.67. The van der Waals surface area contributed by atoms with E-state index in [0.29, 0.717) is 5.75 Å². The number of hydrogen-bond acceptors (Lipinski definition) is 3. The van der Waals surface area contributed by atoms with Gasteiger partial charge in [0.2, 0.25) is 0 Å². The van der Waals surface area contributed by atoms with E-state index in [0.717, 1.165) is 27.6 Å². The number of anilines is 1. The maximum absolute atomic E-state index is 12.2. The Morgan fingerprint density at radius 3 is 2.29 bits per heavy atom. The predicted octanol–water partition coefficient (Wildman–Crippen LogP) is 6.27. The Morgan fingerprint density at radius 1 is 1.00 bits per heavy atom. The largest absolute Gasteiger partial charge is 0.484 e. The average molecular weight is 412 g/mol. The number of benzene rings is 3. The van der Waals surface area contributed by atoms with Crippen LogP contribution < -0.4 is 10.1 Å². The molecule has 0 saturated heterocycles. The molecule has 3 nitrogen and oxygen atoms in total. The van der Waals surface area contributed by atoms with E-state index in [1.807, 2.05) is 68.4 Å². The highest BCUT2D eigenvalue weighted by atomic mass is 35.5. The lowest BCUT2D eigenvalue weighted by Gasteiger charge is -2.11. The zero-order chi connectivity index (χ0) is 19.9. The smallest absolute Gasteiger partial charge is 0.262 e. The van der Waals surface area contributed by atoms with E-state index in [9.17, 15) is 4.79 Å². The summed E-state index contributed by atoms with van der Waals surface area (Å²) in [5.74, 6) is 1.33. The van der Waals surface area contributed by atoms with Crippen LogP contribution in [-0.4, -0.2) is 12.5 Å². The van der Waals surface area contributed by atoms with Gasteiger partial charge < -0.3 is 10.1 Å². The van der Waals surface area contributed by atoms with Crippen LogP contribution in [-0.2, 0) is 10.5 Å². The van der Waals surface area contributed by atoms with Crippen molar-refractivity contribution in [1.82, 2.24) is 0 Å². The van der Waals surface area contributed by atoms with Crippen LogP contribution in [0, 0.1) is 13.8 Å². The fraction of sp³-hybridized carbons (Fsp3) is 0.174. The highest BCUT2D eigenvalue weighted by Gasteiger charge is 2.07. The van der Waals surface area contributed by atoms with Gasteiger partial charge in [0, 0.05) is 21.4 Å². The van der Waals surface area contributed by atoms with Crippen molar-refractivity contribution in [3.05, 3.63) is 88.4 Å². The first-order chi connectivity index (χ1) is 13.5. The van der Waals surface area contributed by atoms with Gasteiger partial charge in [-0.2, -0.15) is 0 Å². The molecule has 0 aromatic heterocycles. The van der Waals surface area contributed by atoms with E-state index >= 15 is 0 Å². The van der Waals surface area contributed by atoms with Crippen LogP contribution in [0.3, 0.4) is 0 Å². The van der Waals surface area contributed by atoms with Crippen molar-refractivity contribution in [2.45, 2.75) is 24.5 Å². The van der Waals surface area contributed by atoms with Crippen LogP contribution in [0.5, 0.6) is 5.75 Å². The van der Waals surface area contributed by atoms with Gasteiger partial charge in [-0.15, -0.1) is 11.8 Å². The monoisotopic (exact) mass is 411 g/mol. The van der Waals surface area contributed by atoms with E-state index in [1.54, 1.807) is 11.8 Å². The Hall–Kier alpha value is -2.43. The lowest BCUT2D eigenvalue weighted by atomic mass is 10.1. The Bertz CT molecular complexity index is 920. The number of halogens is 1. The minimum absolute atomic E-state index is 0.0495. The summed E-state index contributed by atoms with van der Waals surface area (Å²) in [6.45, 7) is 3.78. The topological polar surface area (TPSA) is 38.3 Å². The molecule has 0 bridgehead atoms. The zero-order valence-corrected chi connectivity index (χ0v) is 17.4. The highest BCUT2D eigenvalue weighted by Crippen LogP contribution is 2.26. The van der Waals surface area contributed by atoms with Gasteiger partial charge in [0.05, 0.1) is 0 Å². The summed E-state index contributed by atoms with van der Waals surface area (Å²) in [5, 5.41) is 3.58. The summed E-state index contributed by atoms with van der Waals surface area (Å²) in [5.41, 5.74) is 3.82. The van der Waals surface area contributed by atoms with Gasteiger partial charge in [-0.1, -0.05) is 41.9 Å². The SMILES string of the molecule is Cc1cc(OCC(=O)Nc2ccc(CSc3ccccc3)cc2)cc(C)c1Cl. The third kappa shape index (κ3) is 5.78. The maximum Gasteiger partial charge on any atom is 0.262 e. The van der Waals surface area contributed by atoms with Crippen LogP contribution >= 0.6 is 23.4 Å². The molecule has 5 heteroatoms. The Morgan fingerprint density at radius 2 is 1.64 bits per heavy atom. The van der Waals surface area contributed by atoms with E-state index in [4.69, 9.17) is 16.3 Å². The molecule has 28 heavy (non-hydrogen) atoms. The molecule has 144 valence electrons. The minimum Gasteiger partial charge on any atom is -0.484 e. The van der Waals surface area contributed by atoms with Crippen LogP contribution in [0.2, 0.25) is 5.02 Å². The summed E-state index contributed by atoms with van der Waals surface area (Å²) >= 11 is 7.94. The van der Waals surface area contributed by atoms with Crippen molar-refractivity contribution in [2.75, 3.05) is 11.9 Å². The molecular formula is C23H22ClNO2S. The molecule has 3 rings (SSSR count). The average Bonchev–Trinajstić information content (AvgIpc) is 2.70. The number of rotatable bonds is 7. The highest BCUT2D eigenvalue weighted by molar-refractivity contribution is 7.98. The van der Waals surface area contributed by atoms with Gasteiger partial charge >= 0.3 is 0 Å².